The predicted octanol–water partition coefficient (Wildman–Crippen LogP) is 4.46. The van der Waals surface area contributed by atoms with E-state index < -0.39 is 0 Å². The molecular weight excluding hydrogens is 298 g/mol. The van der Waals surface area contributed by atoms with E-state index in [0.29, 0.717) is 12.3 Å². The lowest BCUT2D eigenvalue weighted by molar-refractivity contribution is 0.237. The Morgan fingerprint density at radius 1 is 1.29 bits per heavy atom. The third-order valence-electron chi connectivity index (χ3n) is 5.21. The summed E-state index contributed by atoms with van der Waals surface area (Å²) in [7, 11) is 0. The van der Waals surface area contributed by atoms with E-state index in [4.69, 9.17) is 0 Å². The number of H-pyrrole nitrogens is 1. The molecule has 0 aromatic carbocycles. The fraction of sp³-hybridized carbons (Fsp3) is 0.421. The van der Waals surface area contributed by atoms with Crippen molar-refractivity contribution in [2.24, 2.45) is 5.92 Å². The first-order valence-corrected chi connectivity index (χ1v) is 8.70. The van der Waals surface area contributed by atoms with Gasteiger partial charge in [0.2, 0.25) is 0 Å². The van der Waals surface area contributed by atoms with Crippen molar-refractivity contribution in [1.29, 1.82) is 5.26 Å². The van der Waals surface area contributed by atoms with Crippen LogP contribution in [0.5, 0.6) is 0 Å². The molecule has 5 nitrogen and oxygen atoms in total. The first kappa shape index (κ1) is 14.9. The van der Waals surface area contributed by atoms with Gasteiger partial charge in [-0.1, -0.05) is 19.3 Å². The van der Waals surface area contributed by atoms with Crippen LogP contribution in [0.25, 0.3) is 22.2 Å². The summed E-state index contributed by atoms with van der Waals surface area (Å²) in [6, 6.07) is 6.62. The smallest absolute Gasteiger partial charge is 0.137 e. The molecule has 0 saturated heterocycles. The van der Waals surface area contributed by atoms with Crippen LogP contribution in [-0.4, -0.2) is 19.7 Å². The third-order valence-corrected chi connectivity index (χ3v) is 5.21. The maximum atomic E-state index is 9.26. The highest BCUT2D eigenvalue weighted by atomic mass is 15.3. The highest BCUT2D eigenvalue weighted by molar-refractivity contribution is 5.92. The lowest BCUT2D eigenvalue weighted by Crippen LogP contribution is -2.22. The van der Waals surface area contributed by atoms with Crippen LogP contribution in [0.15, 0.2) is 36.9 Å². The van der Waals surface area contributed by atoms with E-state index in [1.165, 1.54) is 32.1 Å². The first-order chi connectivity index (χ1) is 11.9. The maximum Gasteiger partial charge on any atom is 0.137 e. The van der Waals surface area contributed by atoms with Crippen LogP contribution in [0.1, 0.15) is 44.6 Å². The van der Waals surface area contributed by atoms with Gasteiger partial charge in [-0.3, -0.25) is 4.68 Å². The van der Waals surface area contributed by atoms with Crippen LogP contribution in [0.2, 0.25) is 0 Å². The number of aromatic nitrogens is 4. The number of aromatic amines is 1. The average molecular weight is 319 g/mol. The largest absolute Gasteiger partial charge is 0.346 e. The van der Waals surface area contributed by atoms with Gasteiger partial charge in [0, 0.05) is 29.5 Å². The van der Waals surface area contributed by atoms with Crippen LogP contribution in [-0.2, 0) is 0 Å². The van der Waals surface area contributed by atoms with Gasteiger partial charge in [0.15, 0.2) is 0 Å². The van der Waals surface area contributed by atoms with Crippen molar-refractivity contribution in [3.63, 3.8) is 0 Å². The van der Waals surface area contributed by atoms with E-state index in [1.54, 1.807) is 0 Å². The Labute approximate surface area is 141 Å². The van der Waals surface area contributed by atoms with Crippen molar-refractivity contribution in [2.45, 2.75) is 44.6 Å². The quantitative estimate of drug-likeness (QED) is 0.771. The molecule has 3 aromatic rings. The summed E-state index contributed by atoms with van der Waals surface area (Å²) in [6.45, 7) is 0. The molecule has 3 heterocycles. The third kappa shape index (κ3) is 2.69. The van der Waals surface area contributed by atoms with Gasteiger partial charge in [-0.05, 0) is 36.5 Å². The summed E-state index contributed by atoms with van der Waals surface area (Å²) in [5.41, 5.74) is 3.11. The Kier molecular flexibility index (Phi) is 4.04. The van der Waals surface area contributed by atoms with Gasteiger partial charge < -0.3 is 4.98 Å². The predicted molar refractivity (Wildman–Crippen MR) is 93.2 cm³/mol. The molecule has 1 atom stereocenters. The Balaban J connectivity index is 1.68. The molecule has 1 N–H and O–H groups in total. The van der Waals surface area contributed by atoms with E-state index in [1.807, 2.05) is 35.4 Å². The molecule has 5 heteroatoms. The second-order valence-corrected chi connectivity index (χ2v) is 6.64. The number of nitrogens with one attached hydrogen (secondary N) is 1. The number of nitrogens with zero attached hydrogens (tertiary/aromatic N) is 4. The van der Waals surface area contributed by atoms with Crippen molar-refractivity contribution in [3.05, 3.63) is 36.9 Å². The molecule has 1 aliphatic rings. The Bertz CT molecular complexity index is 863. The summed E-state index contributed by atoms with van der Waals surface area (Å²) in [4.78, 5) is 7.50. The summed E-state index contributed by atoms with van der Waals surface area (Å²) >= 11 is 0. The highest BCUT2D eigenvalue weighted by Crippen LogP contribution is 2.35. The van der Waals surface area contributed by atoms with Gasteiger partial charge in [-0.2, -0.15) is 10.4 Å². The molecule has 24 heavy (non-hydrogen) atoms. The number of pyridine rings is 1. The molecule has 0 radical (unpaired) electrons. The zero-order valence-corrected chi connectivity index (χ0v) is 13.7. The van der Waals surface area contributed by atoms with Crippen LogP contribution >= 0.6 is 0 Å². The second kappa shape index (κ2) is 6.48. The van der Waals surface area contributed by atoms with E-state index >= 15 is 0 Å². The lowest BCUT2D eigenvalue weighted by Gasteiger charge is -2.29. The van der Waals surface area contributed by atoms with Crippen molar-refractivity contribution in [1.82, 2.24) is 19.7 Å². The van der Waals surface area contributed by atoms with Gasteiger partial charge in [-0.25, -0.2) is 4.98 Å². The van der Waals surface area contributed by atoms with E-state index in [0.717, 1.165) is 22.2 Å². The molecule has 3 aromatic heterocycles. The maximum absolute atomic E-state index is 9.26. The summed E-state index contributed by atoms with van der Waals surface area (Å²) in [5, 5.41) is 15.0. The average Bonchev–Trinajstić information content (AvgIpc) is 3.29. The lowest BCUT2D eigenvalue weighted by atomic mass is 9.83. The molecule has 1 fully saturated rings. The number of rotatable bonds is 4. The van der Waals surface area contributed by atoms with E-state index in [9.17, 15) is 5.26 Å². The van der Waals surface area contributed by atoms with Crippen LogP contribution in [0.3, 0.4) is 0 Å². The Hall–Kier alpha value is -2.61. The summed E-state index contributed by atoms with van der Waals surface area (Å²) in [5.74, 6) is 0.566. The zero-order chi connectivity index (χ0) is 16.4. The van der Waals surface area contributed by atoms with E-state index in [-0.39, 0.29) is 6.04 Å². The van der Waals surface area contributed by atoms with Gasteiger partial charge in [0.25, 0.3) is 0 Å². The van der Waals surface area contributed by atoms with Gasteiger partial charge in [0.1, 0.15) is 5.65 Å². The minimum atomic E-state index is 0.188. The monoisotopic (exact) mass is 319 g/mol. The topological polar surface area (TPSA) is 70.3 Å². The summed E-state index contributed by atoms with van der Waals surface area (Å²) < 4.78 is 2.02. The number of fused-ring (bicyclic) bond motifs is 1. The first-order valence-electron chi connectivity index (χ1n) is 8.70. The summed E-state index contributed by atoms with van der Waals surface area (Å²) in [6.07, 6.45) is 14.5. The van der Waals surface area contributed by atoms with Gasteiger partial charge in [-0.15, -0.1) is 0 Å². The normalized spacial score (nSPS) is 17.0. The fourth-order valence-corrected chi connectivity index (χ4v) is 3.96. The van der Waals surface area contributed by atoms with Gasteiger partial charge in [0.05, 0.1) is 24.7 Å². The van der Waals surface area contributed by atoms with Gasteiger partial charge >= 0.3 is 0 Å². The van der Waals surface area contributed by atoms with Crippen molar-refractivity contribution in [3.8, 4) is 17.2 Å². The highest BCUT2D eigenvalue weighted by Gasteiger charge is 2.25. The van der Waals surface area contributed by atoms with E-state index in [2.05, 4.69) is 27.3 Å². The number of hydrogen-bond donors (Lipinski definition) is 1. The minimum absolute atomic E-state index is 0.188. The molecule has 1 saturated carbocycles. The van der Waals surface area contributed by atoms with Crippen LogP contribution < -0.4 is 0 Å². The Morgan fingerprint density at radius 3 is 3.00 bits per heavy atom. The fourth-order valence-electron chi connectivity index (χ4n) is 3.96. The standard InChI is InChI=1S/C19H21N5/c20-9-6-18(14-4-2-1-3-5-14)24-13-15(12-23-24)16-7-10-21-19-17(16)8-11-22-19/h7-8,10-14,18H,1-6H2,(H,21,22). The molecule has 1 aliphatic carbocycles. The second-order valence-electron chi connectivity index (χ2n) is 6.64. The molecule has 0 spiro atoms. The molecular formula is C19H21N5. The molecule has 1 unspecified atom stereocenters. The molecule has 0 amide bonds. The van der Waals surface area contributed by atoms with Crippen LogP contribution in [0, 0.1) is 17.2 Å². The molecule has 0 bridgehead atoms. The number of hydrogen-bond acceptors (Lipinski definition) is 3. The van der Waals surface area contributed by atoms with Crippen LogP contribution in [0.4, 0.5) is 0 Å². The molecule has 4 rings (SSSR count). The van der Waals surface area contributed by atoms with Crippen molar-refractivity contribution in [2.75, 3.05) is 0 Å². The zero-order valence-electron chi connectivity index (χ0n) is 13.7. The molecule has 0 aliphatic heterocycles. The van der Waals surface area contributed by atoms with Crippen molar-refractivity contribution >= 4 is 11.0 Å². The SMILES string of the molecule is N#CCC(C1CCCCC1)n1cc(-c2ccnc3[nH]ccc23)cn1. The minimum Gasteiger partial charge on any atom is -0.346 e. The Morgan fingerprint density at radius 2 is 2.17 bits per heavy atom. The van der Waals surface area contributed by atoms with Crippen molar-refractivity contribution < 1.29 is 0 Å². The number of nitriles is 1. The molecule has 122 valence electrons.